The van der Waals surface area contributed by atoms with Gasteiger partial charge >= 0.3 is 0 Å². The largest absolute Gasteiger partial charge is 0.310 e. The van der Waals surface area contributed by atoms with Crippen molar-refractivity contribution in [3.05, 3.63) is 150 Å². The molecular formula is C40H31N. The molecule has 41 heavy (non-hydrogen) atoms. The molecule has 0 N–H and O–H groups in total. The molecule has 196 valence electrons. The summed E-state index contributed by atoms with van der Waals surface area (Å²) in [6, 6.07) is 49.2. The van der Waals surface area contributed by atoms with Gasteiger partial charge in [-0.1, -0.05) is 104 Å². The summed E-state index contributed by atoms with van der Waals surface area (Å²) < 4.78 is 0. The van der Waals surface area contributed by atoms with Gasteiger partial charge in [-0.15, -0.1) is 0 Å². The molecule has 0 amide bonds. The second kappa shape index (κ2) is 8.81. The van der Waals surface area contributed by atoms with Crippen molar-refractivity contribution >= 4 is 49.4 Å². The lowest BCUT2D eigenvalue weighted by Gasteiger charge is -2.28. The van der Waals surface area contributed by atoms with Crippen LogP contribution in [0.4, 0.5) is 17.1 Å². The molecule has 7 aromatic carbocycles. The first-order valence-electron chi connectivity index (χ1n) is 14.5. The number of benzene rings is 7. The first kappa shape index (κ1) is 24.0. The van der Waals surface area contributed by atoms with Crippen molar-refractivity contribution < 1.29 is 0 Å². The average Bonchev–Trinajstić information content (AvgIpc) is 3.24. The van der Waals surface area contributed by atoms with Crippen LogP contribution in [0.1, 0.15) is 30.5 Å². The quantitative estimate of drug-likeness (QED) is 0.207. The predicted molar refractivity (Wildman–Crippen MR) is 176 cm³/mol. The molecule has 0 heterocycles. The topological polar surface area (TPSA) is 3.24 Å². The van der Waals surface area contributed by atoms with Gasteiger partial charge < -0.3 is 4.90 Å². The van der Waals surface area contributed by atoms with Crippen molar-refractivity contribution in [1.29, 1.82) is 0 Å². The number of hydrogen-bond acceptors (Lipinski definition) is 1. The molecule has 1 nitrogen and oxygen atoms in total. The first-order chi connectivity index (χ1) is 20.0. The number of rotatable bonds is 3. The molecule has 0 bridgehead atoms. The predicted octanol–water partition coefficient (Wildman–Crippen LogP) is 11.2. The van der Waals surface area contributed by atoms with Crippen LogP contribution in [0.15, 0.2) is 133 Å². The maximum absolute atomic E-state index is 2.42. The van der Waals surface area contributed by atoms with Gasteiger partial charge in [-0.05, 0) is 110 Å². The lowest BCUT2D eigenvalue weighted by molar-refractivity contribution is 0.667. The molecular weight excluding hydrogens is 494 g/mol. The molecule has 0 aliphatic heterocycles. The van der Waals surface area contributed by atoms with Gasteiger partial charge in [0, 0.05) is 22.5 Å². The van der Waals surface area contributed by atoms with E-state index in [4.69, 9.17) is 0 Å². The summed E-state index contributed by atoms with van der Waals surface area (Å²) in [5.74, 6) is 0. The van der Waals surface area contributed by atoms with Crippen LogP contribution in [-0.2, 0) is 5.41 Å². The first-order valence-corrected chi connectivity index (χ1v) is 14.5. The van der Waals surface area contributed by atoms with Gasteiger partial charge in [0.05, 0.1) is 0 Å². The van der Waals surface area contributed by atoms with Crippen LogP contribution >= 0.6 is 0 Å². The van der Waals surface area contributed by atoms with E-state index in [1.807, 2.05) is 0 Å². The van der Waals surface area contributed by atoms with Gasteiger partial charge in [0.25, 0.3) is 0 Å². The Hall–Kier alpha value is -4.88. The van der Waals surface area contributed by atoms with Crippen molar-refractivity contribution in [3.63, 3.8) is 0 Å². The average molecular weight is 526 g/mol. The molecule has 0 fully saturated rings. The Morgan fingerprint density at radius 2 is 1.10 bits per heavy atom. The van der Waals surface area contributed by atoms with Gasteiger partial charge in [0.1, 0.15) is 0 Å². The number of anilines is 3. The monoisotopic (exact) mass is 525 g/mol. The van der Waals surface area contributed by atoms with Crippen molar-refractivity contribution in [2.45, 2.75) is 26.2 Å². The van der Waals surface area contributed by atoms with Crippen LogP contribution in [0.2, 0.25) is 0 Å². The van der Waals surface area contributed by atoms with Gasteiger partial charge in [-0.25, -0.2) is 0 Å². The second-order valence-electron chi connectivity index (χ2n) is 11.9. The molecule has 0 radical (unpaired) electrons. The summed E-state index contributed by atoms with van der Waals surface area (Å²) in [5.41, 5.74) is 10.2. The van der Waals surface area contributed by atoms with Crippen molar-refractivity contribution in [3.8, 4) is 11.1 Å². The van der Waals surface area contributed by atoms with E-state index in [0.29, 0.717) is 0 Å². The highest BCUT2D eigenvalue weighted by Gasteiger charge is 2.38. The zero-order valence-electron chi connectivity index (χ0n) is 23.6. The summed E-state index contributed by atoms with van der Waals surface area (Å²) in [5, 5.41) is 7.87. The zero-order chi connectivity index (χ0) is 27.7. The van der Waals surface area contributed by atoms with E-state index in [1.165, 1.54) is 60.1 Å². The van der Waals surface area contributed by atoms with E-state index in [9.17, 15) is 0 Å². The molecule has 1 aliphatic rings. The Bertz CT molecular complexity index is 2120. The number of fused-ring (bicyclic) bond motifs is 9. The standard InChI is InChI=1S/C40H31N/c1-26-17-19-30(20-18-26)41(29-13-5-4-6-14-29)31-21-22-34-35(25-31)32-15-9-10-16-33(32)38-36-23-27-11-7-8-12-28(27)24-37(36)40(2,3)39(34)38/h4-25H,1-3H3. The third-order valence-electron chi connectivity index (χ3n) is 9.03. The maximum Gasteiger partial charge on any atom is 0.0468 e. The normalized spacial score (nSPS) is 13.4. The Balaban J connectivity index is 1.44. The summed E-state index contributed by atoms with van der Waals surface area (Å²) >= 11 is 0. The van der Waals surface area contributed by atoms with Gasteiger partial charge in [-0.3, -0.25) is 0 Å². The van der Waals surface area contributed by atoms with E-state index in [-0.39, 0.29) is 5.41 Å². The SMILES string of the molecule is Cc1ccc(N(c2ccccc2)c2ccc3c4c(c5ccccc5c3c2)-c2cc3ccccc3cc2C4(C)C)cc1. The van der Waals surface area contributed by atoms with Crippen molar-refractivity contribution in [2.75, 3.05) is 4.90 Å². The Morgan fingerprint density at radius 1 is 0.488 bits per heavy atom. The van der Waals surface area contributed by atoms with Crippen LogP contribution in [0, 0.1) is 6.92 Å². The second-order valence-corrected chi connectivity index (χ2v) is 11.9. The van der Waals surface area contributed by atoms with Gasteiger partial charge in [0.15, 0.2) is 0 Å². The third kappa shape index (κ3) is 3.55. The summed E-state index contributed by atoms with van der Waals surface area (Å²) in [6.45, 7) is 6.94. The minimum atomic E-state index is -0.116. The van der Waals surface area contributed by atoms with E-state index < -0.39 is 0 Å². The molecule has 0 spiro atoms. The van der Waals surface area contributed by atoms with Gasteiger partial charge in [0.2, 0.25) is 0 Å². The van der Waals surface area contributed by atoms with Crippen LogP contribution in [-0.4, -0.2) is 0 Å². The molecule has 0 unspecified atom stereocenters. The molecule has 0 aromatic heterocycles. The summed E-state index contributed by atoms with van der Waals surface area (Å²) in [7, 11) is 0. The fourth-order valence-corrected chi connectivity index (χ4v) is 7.06. The van der Waals surface area contributed by atoms with Crippen molar-refractivity contribution in [2.24, 2.45) is 0 Å². The molecule has 0 saturated heterocycles. The number of aryl methyl sites for hydroxylation is 1. The fourth-order valence-electron chi connectivity index (χ4n) is 7.06. The number of hydrogen-bond donors (Lipinski definition) is 0. The highest BCUT2D eigenvalue weighted by atomic mass is 15.1. The number of para-hydroxylation sites is 1. The molecule has 7 aromatic rings. The van der Waals surface area contributed by atoms with E-state index in [1.54, 1.807) is 0 Å². The van der Waals surface area contributed by atoms with Crippen LogP contribution < -0.4 is 4.90 Å². The van der Waals surface area contributed by atoms with Gasteiger partial charge in [-0.2, -0.15) is 0 Å². The molecule has 1 heteroatoms. The van der Waals surface area contributed by atoms with E-state index >= 15 is 0 Å². The highest BCUT2D eigenvalue weighted by Crippen LogP contribution is 2.55. The molecule has 0 saturated carbocycles. The summed E-state index contributed by atoms with van der Waals surface area (Å²) in [4.78, 5) is 2.37. The molecule has 8 rings (SSSR count). The number of nitrogens with zero attached hydrogens (tertiary/aromatic N) is 1. The Morgan fingerprint density at radius 3 is 1.85 bits per heavy atom. The maximum atomic E-state index is 2.42. The zero-order valence-corrected chi connectivity index (χ0v) is 23.6. The fraction of sp³-hybridized carbons (Fsp3) is 0.100. The Labute approximate surface area is 241 Å². The smallest absolute Gasteiger partial charge is 0.0468 e. The van der Waals surface area contributed by atoms with Crippen LogP contribution in [0.3, 0.4) is 0 Å². The Kier molecular flexibility index (Phi) is 5.15. The van der Waals surface area contributed by atoms with Crippen LogP contribution in [0.5, 0.6) is 0 Å². The lowest BCUT2D eigenvalue weighted by atomic mass is 9.79. The molecule has 0 atom stereocenters. The van der Waals surface area contributed by atoms with E-state index in [2.05, 4.69) is 159 Å². The van der Waals surface area contributed by atoms with Crippen LogP contribution in [0.25, 0.3) is 43.4 Å². The van der Waals surface area contributed by atoms with Crippen molar-refractivity contribution in [1.82, 2.24) is 0 Å². The lowest BCUT2D eigenvalue weighted by Crippen LogP contribution is -2.16. The minimum absolute atomic E-state index is 0.116. The summed E-state index contributed by atoms with van der Waals surface area (Å²) in [6.07, 6.45) is 0. The third-order valence-corrected chi connectivity index (χ3v) is 9.03. The molecule has 1 aliphatic carbocycles. The minimum Gasteiger partial charge on any atom is -0.310 e. The van der Waals surface area contributed by atoms with E-state index in [0.717, 1.165) is 17.1 Å². The highest BCUT2D eigenvalue weighted by molar-refractivity contribution is 6.19.